The number of methoxy groups -OCH3 is 1. The fourth-order valence-electron chi connectivity index (χ4n) is 4.64. The summed E-state index contributed by atoms with van der Waals surface area (Å²) in [6, 6.07) is 23.6. The van der Waals surface area contributed by atoms with Crippen molar-refractivity contribution in [3.05, 3.63) is 95.6 Å². The smallest absolute Gasteiger partial charge is 0.243 e. The van der Waals surface area contributed by atoms with Crippen molar-refractivity contribution in [3.63, 3.8) is 0 Å². The molecular formula is C31H39N3O5S. The molecule has 1 N–H and O–H groups in total. The molecule has 0 saturated heterocycles. The van der Waals surface area contributed by atoms with Crippen LogP contribution in [-0.2, 0) is 32.6 Å². The molecule has 0 aliphatic heterocycles. The number of benzene rings is 3. The van der Waals surface area contributed by atoms with Gasteiger partial charge in [0, 0.05) is 32.5 Å². The first-order valence-corrected chi connectivity index (χ1v) is 15.3. The molecule has 0 radical (unpaired) electrons. The number of hydrogen-bond acceptors (Lipinski definition) is 5. The molecule has 3 aromatic carbocycles. The molecule has 40 heavy (non-hydrogen) atoms. The molecule has 8 nitrogen and oxygen atoms in total. The number of hydrogen-bond donors (Lipinski definition) is 1. The van der Waals surface area contributed by atoms with E-state index in [1.165, 1.54) is 11.4 Å². The quantitative estimate of drug-likeness (QED) is 0.314. The van der Waals surface area contributed by atoms with E-state index in [0.717, 1.165) is 22.9 Å². The molecule has 214 valence electrons. The van der Waals surface area contributed by atoms with E-state index in [4.69, 9.17) is 4.74 Å². The lowest BCUT2D eigenvalue weighted by atomic mass is 10.0. The zero-order valence-corrected chi connectivity index (χ0v) is 24.5. The maximum Gasteiger partial charge on any atom is 0.243 e. The molecule has 3 aromatic rings. The van der Waals surface area contributed by atoms with Crippen molar-refractivity contribution in [1.29, 1.82) is 0 Å². The fourth-order valence-corrected chi connectivity index (χ4v) is 5.60. The summed E-state index contributed by atoms with van der Waals surface area (Å²) in [5, 5.41) is 2.90. The van der Waals surface area contributed by atoms with E-state index in [9.17, 15) is 18.0 Å². The van der Waals surface area contributed by atoms with Gasteiger partial charge in [-0.15, -0.1) is 0 Å². The average molecular weight is 566 g/mol. The summed E-state index contributed by atoms with van der Waals surface area (Å²) in [6.07, 6.45) is 1.83. The number of ether oxygens (including phenoxy) is 1. The van der Waals surface area contributed by atoms with Crippen LogP contribution in [0.5, 0.6) is 5.75 Å². The summed E-state index contributed by atoms with van der Waals surface area (Å²) in [7, 11) is -2.15. The Hall–Kier alpha value is -3.85. The molecule has 2 amide bonds. The Morgan fingerprint density at radius 1 is 0.950 bits per heavy atom. The predicted octanol–water partition coefficient (Wildman–Crippen LogP) is 4.33. The van der Waals surface area contributed by atoms with Crippen LogP contribution >= 0.6 is 0 Å². The molecule has 3 rings (SSSR count). The third-order valence-electron chi connectivity index (χ3n) is 6.73. The minimum atomic E-state index is -3.64. The number of nitrogens with zero attached hydrogens (tertiary/aromatic N) is 2. The largest absolute Gasteiger partial charge is 0.495 e. The third-order valence-corrected chi connectivity index (χ3v) is 7.91. The van der Waals surface area contributed by atoms with E-state index in [1.54, 1.807) is 29.2 Å². The summed E-state index contributed by atoms with van der Waals surface area (Å²) in [6.45, 7) is 4.63. The summed E-state index contributed by atoms with van der Waals surface area (Å²) < 4.78 is 32.0. The standard InChI is InChI=1S/C31H39N3O5S/c1-5-32-31(36)28(22-25-15-7-6-8-16-25)33(23-26-17-10-9-14-24(26)2)30(35)20-13-21-34(40(4,37)38)27-18-11-12-19-29(27)39-3/h6-12,14-19,28H,5,13,20-23H2,1-4H3,(H,32,36)/t28-/m1/s1. The van der Waals surface area contributed by atoms with Crippen LogP contribution < -0.4 is 14.4 Å². The van der Waals surface area contributed by atoms with Gasteiger partial charge in [-0.1, -0.05) is 66.7 Å². The Morgan fingerprint density at radius 3 is 2.25 bits per heavy atom. The van der Waals surface area contributed by atoms with Crippen molar-refractivity contribution < 1.29 is 22.7 Å². The van der Waals surface area contributed by atoms with E-state index >= 15 is 0 Å². The number of nitrogens with one attached hydrogen (secondary N) is 1. The minimum Gasteiger partial charge on any atom is -0.495 e. The number of anilines is 1. The van der Waals surface area contributed by atoms with E-state index in [2.05, 4.69) is 5.32 Å². The molecule has 0 saturated carbocycles. The van der Waals surface area contributed by atoms with Gasteiger partial charge in [-0.2, -0.15) is 0 Å². The van der Waals surface area contributed by atoms with Crippen LogP contribution in [0.2, 0.25) is 0 Å². The maximum absolute atomic E-state index is 13.8. The number of amides is 2. The fraction of sp³-hybridized carbons (Fsp3) is 0.355. The van der Waals surface area contributed by atoms with Gasteiger partial charge in [0.05, 0.1) is 19.1 Å². The molecule has 0 aromatic heterocycles. The second-order valence-corrected chi connectivity index (χ2v) is 11.6. The topological polar surface area (TPSA) is 96.0 Å². The van der Waals surface area contributed by atoms with Crippen molar-refractivity contribution in [2.45, 2.75) is 45.7 Å². The van der Waals surface area contributed by atoms with Gasteiger partial charge in [0.1, 0.15) is 11.8 Å². The summed E-state index contributed by atoms with van der Waals surface area (Å²) >= 11 is 0. The second kappa shape index (κ2) is 14.5. The highest BCUT2D eigenvalue weighted by molar-refractivity contribution is 7.92. The van der Waals surface area contributed by atoms with Gasteiger partial charge in [0.25, 0.3) is 0 Å². The number of rotatable bonds is 14. The molecule has 0 unspecified atom stereocenters. The van der Waals surface area contributed by atoms with Gasteiger partial charge < -0.3 is 15.0 Å². The lowest BCUT2D eigenvalue weighted by molar-refractivity contribution is -0.141. The van der Waals surface area contributed by atoms with Crippen molar-refractivity contribution in [2.75, 3.05) is 30.8 Å². The number of aryl methyl sites for hydroxylation is 1. The first kappa shape index (κ1) is 30.7. The van der Waals surface area contributed by atoms with Crippen molar-refractivity contribution in [1.82, 2.24) is 10.2 Å². The zero-order valence-electron chi connectivity index (χ0n) is 23.7. The third kappa shape index (κ3) is 8.32. The van der Waals surface area contributed by atoms with Crippen LogP contribution in [0.25, 0.3) is 0 Å². The number of carbonyl (C=O) groups is 2. The van der Waals surface area contributed by atoms with Gasteiger partial charge >= 0.3 is 0 Å². The zero-order chi connectivity index (χ0) is 29.1. The van der Waals surface area contributed by atoms with Crippen LogP contribution in [0.1, 0.15) is 36.5 Å². The maximum atomic E-state index is 13.8. The van der Waals surface area contributed by atoms with Crippen LogP contribution in [0.3, 0.4) is 0 Å². The van der Waals surface area contributed by atoms with Gasteiger partial charge in [-0.3, -0.25) is 13.9 Å². The average Bonchev–Trinajstić information content (AvgIpc) is 2.94. The van der Waals surface area contributed by atoms with Crippen molar-refractivity contribution in [2.24, 2.45) is 0 Å². The SMILES string of the molecule is CCNC(=O)[C@@H](Cc1ccccc1)N(Cc1ccccc1C)C(=O)CCCN(c1ccccc1OC)S(C)(=O)=O. The normalized spacial score (nSPS) is 11.9. The van der Waals surface area contributed by atoms with E-state index < -0.39 is 16.1 Å². The summed E-state index contributed by atoms with van der Waals surface area (Å²) in [4.78, 5) is 28.8. The predicted molar refractivity (Wildman–Crippen MR) is 159 cm³/mol. The number of carbonyl (C=O) groups excluding carboxylic acids is 2. The van der Waals surface area contributed by atoms with Crippen LogP contribution in [0.4, 0.5) is 5.69 Å². The van der Waals surface area contributed by atoms with Crippen molar-refractivity contribution >= 4 is 27.5 Å². The van der Waals surface area contributed by atoms with Crippen LogP contribution in [0.15, 0.2) is 78.9 Å². The number of likely N-dealkylation sites (N-methyl/N-ethyl adjacent to an activating group) is 1. The lowest BCUT2D eigenvalue weighted by Gasteiger charge is -2.32. The summed E-state index contributed by atoms with van der Waals surface area (Å²) in [5.74, 6) is -0.0106. The Kier molecular flexibility index (Phi) is 11.1. The Morgan fingerprint density at radius 2 is 1.60 bits per heavy atom. The monoisotopic (exact) mass is 565 g/mol. The van der Waals surface area contributed by atoms with Gasteiger partial charge in [-0.05, 0) is 49.1 Å². The molecule has 0 bridgehead atoms. The second-order valence-electron chi connectivity index (χ2n) is 9.66. The van der Waals surface area contributed by atoms with E-state index in [1.807, 2.05) is 68.4 Å². The van der Waals surface area contributed by atoms with Crippen LogP contribution in [0, 0.1) is 6.92 Å². The molecule has 9 heteroatoms. The molecule has 0 fully saturated rings. The van der Waals surface area contributed by atoms with E-state index in [0.29, 0.717) is 24.4 Å². The van der Waals surface area contributed by atoms with Crippen molar-refractivity contribution in [3.8, 4) is 5.75 Å². The van der Waals surface area contributed by atoms with Gasteiger partial charge in [-0.25, -0.2) is 8.42 Å². The molecule has 0 aliphatic rings. The first-order chi connectivity index (χ1) is 19.2. The molecular weight excluding hydrogens is 526 g/mol. The molecule has 0 heterocycles. The van der Waals surface area contributed by atoms with Gasteiger partial charge in [0.2, 0.25) is 21.8 Å². The number of para-hydroxylation sites is 2. The molecule has 1 atom stereocenters. The highest BCUT2D eigenvalue weighted by Crippen LogP contribution is 2.30. The minimum absolute atomic E-state index is 0.0672. The van der Waals surface area contributed by atoms with E-state index in [-0.39, 0.29) is 37.7 Å². The van der Waals surface area contributed by atoms with Gasteiger partial charge in [0.15, 0.2) is 0 Å². The lowest BCUT2D eigenvalue weighted by Crippen LogP contribution is -2.50. The molecule has 0 spiro atoms. The Bertz CT molecular complexity index is 1380. The first-order valence-electron chi connectivity index (χ1n) is 13.4. The van der Waals surface area contributed by atoms with Crippen LogP contribution in [-0.4, -0.2) is 57.6 Å². The Balaban J connectivity index is 1.88. The molecule has 0 aliphatic carbocycles. The highest BCUT2D eigenvalue weighted by atomic mass is 32.2. The highest BCUT2D eigenvalue weighted by Gasteiger charge is 2.30. The Labute approximate surface area is 238 Å². The summed E-state index contributed by atoms with van der Waals surface area (Å²) in [5.41, 5.74) is 3.33. The number of sulfonamides is 1.